The Morgan fingerprint density at radius 2 is 1.96 bits per heavy atom. The van der Waals surface area contributed by atoms with Crippen LogP contribution < -0.4 is 10.6 Å². The van der Waals surface area contributed by atoms with Crippen molar-refractivity contribution in [1.29, 1.82) is 0 Å². The molecule has 1 aliphatic heterocycles. The third-order valence-electron chi connectivity index (χ3n) is 3.06. The fourth-order valence-corrected chi connectivity index (χ4v) is 1.94. The summed E-state index contributed by atoms with van der Waals surface area (Å²) in [5.41, 5.74) is 0.768. The summed E-state index contributed by atoms with van der Waals surface area (Å²) in [6.45, 7) is 0.417. The van der Waals surface area contributed by atoms with Gasteiger partial charge in [0.2, 0.25) is 0 Å². The van der Waals surface area contributed by atoms with E-state index in [1.807, 2.05) is 24.3 Å². The Hall–Kier alpha value is -3.41. The molecule has 0 aliphatic carbocycles. The summed E-state index contributed by atoms with van der Waals surface area (Å²) in [5, 5.41) is 1.66. The van der Waals surface area contributed by atoms with Crippen molar-refractivity contribution in [3.05, 3.63) is 71.5 Å². The molecule has 1 aromatic carbocycles. The zero-order valence-corrected chi connectivity index (χ0v) is 12.9. The van der Waals surface area contributed by atoms with Crippen LogP contribution in [0.5, 0.6) is 0 Å². The van der Waals surface area contributed by atoms with Crippen molar-refractivity contribution in [2.45, 2.75) is 0 Å². The summed E-state index contributed by atoms with van der Waals surface area (Å²) in [6.07, 6.45) is 15.0. The predicted octanol–water partition coefficient (Wildman–Crippen LogP) is 1.82. The van der Waals surface area contributed by atoms with Gasteiger partial charge >= 0.3 is 0 Å². The minimum Gasteiger partial charge on any atom is -0.497 e. The highest BCUT2D eigenvalue weighted by Crippen LogP contribution is 2.14. The number of ether oxygens (including phenoxy) is 1. The van der Waals surface area contributed by atoms with Gasteiger partial charge in [-0.05, 0) is 18.2 Å². The number of benzene rings is 1. The van der Waals surface area contributed by atoms with Crippen molar-refractivity contribution in [3.63, 3.8) is 0 Å². The van der Waals surface area contributed by atoms with Gasteiger partial charge in [-0.1, -0.05) is 18.2 Å². The van der Waals surface area contributed by atoms with Gasteiger partial charge in [0.05, 0.1) is 11.6 Å². The largest absolute Gasteiger partial charge is 0.497 e. The Morgan fingerprint density at radius 3 is 2.96 bits per heavy atom. The Labute approximate surface area is 139 Å². The average Bonchev–Trinajstić information content (AvgIpc) is 2.61. The molecule has 0 unspecified atom stereocenters. The van der Waals surface area contributed by atoms with Crippen LogP contribution in [0.4, 0.5) is 5.82 Å². The monoisotopic (exact) mass is 317 g/mol. The van der Waals surface area contributed by atoms with Gasteiger partial charge in [0.25, 0.3) is 0 Å². The standard InChI is InChI=1S/C18H15N5O/c1-2-5-17-15(4-1)12-20-9-8-19-7-3-10-24-11-6-16-13-21-14-22-18(16)23-17/h1-9,11-14H,10H2. The highest BCUT2D eigenvalue weighted by atomic mass is 16.5. The molecule has 6 nitrogen and oxygen atoms in total. The first-order chi connectivity index (χ1) is 11.9. The van der Waals surface area contributed by atoms with Gasteiger partial charge in [0, 0.05) is 41.8 Å². The van der Waals surface area contributed by atoms with E-state index in [0.717, 1.165) is 16.1 Å². The maximum Gasteiger partial charge on any atom is 0.163 e. The van der Waals surface area contributed by atoms with Crippen molar-refractivity contribution in [3.8, 4) is 0 Å². The molecule has 0 atom stereocenters. The van der Waals surface area contributed by atoms with Crippen LogP contribution in [0.2, 0.25) is 0 Å². The molecule has 0 amide bonds. The molecule has 0 spiro atoms. The number of aromatic nitrogens is 2. The summed E-state index contributed by atoms with van der Waals surface area (Å²) < 4.78 is 5.38. The molecule has 118 valence electrons. The van der Waals surface area contributed by atoms with E-state index in [-0.39, 0.29) is 0 Å². The van der Waals surface area contributed by atoms with Crippen molar-refractivity contribution >= 4 is 30.5 Å². The smallest absolute Gasteiger partial charge is 0.163 e. The van der Waals surface area contributed by atoms with E-state index in [9.17, 15) is 0 Å². The summed E-state index contributed by atoms with van der Waals surface area (Å²) in [7, 11) is 0. The van der Waals surface area contributed by atoms with E-state index in [1.54, 1.807) is 49.4 Å². The number of hydrogen-bond donors (Lipinski definition) is 0. The van der Waals surface area contributed by atoms with Gasteiger partial charge in [-0.25, -0.2) is 15.0 Å². The molecule has 0 N–H and O–H groups in total. The lowest BCUT2D eigenvalue weighted by Crippen LogP contribution is -2.23. The van der Waals surface area contributed by atoms with Crippen LogP contribution in [0.25, 0.3) is 12.3 Å². The van der Waals surface area contributed by atoms with E-state index in [2.05, 4.69) is 24.9 Å². The van der Waals surface area contributed by atoms with E-state index in [0.29, 0.717) is 12.4 Å². The van der Waals surface area contributed by atoms with Crippen LogP contribution >= 0.6 is 0 Å². The van der Waals surface area contributed by atoms with Crippen molar-refractivity contribution in [2.75, 3.05) is 6.61 Å². The number of fused-ring (bicyclic) bond motifs is 2. The zero-order chi connectivity index (χ0) is 16.5. The van der Waals surface area contributed by atoms with Crippen LogP contribution in [0.1, 0.15) is 5.56 Å². The molecule has 0 fully saturated rings. The van der Waals surface area contributed by atoms with Gasteiger partial charge < -0.3 is 4.74 Å². The van der Waals surface area contributed by atoms with Crippen LogP contribution in [-0.2, 0) is 4.74 Å². The Morgan fingerprint density at radius 1 is 1.04 bits per heavy atom. The third kappa shape index (κ3) is 4.30. The zero-order valence-electron chi connectivity index (χ0n) is 12.9. The summed E-state index contributed by atoms with van der Waals surface area (Å²) in [6, 6.07) is 7.71. The molecule has 0 saturated carbocycles. The first-order valence-corrected chi connectivity index (χ1v) is 7.35. The summed E-state index contributed by atoms with van der Waals surface area (Å²) >= 11 is 0. The van der Waals surface area contributed by atoms with Crippen LogP contribution in [0.15, 0.2) is 70.3 Å². The first-order valence-electron chi connectivity index (χ1n) is 7.35. The molecular formula is C18H15N5O. The minimum atomic E-state index is 0.417. The van der Waals surface area contributed by atoms with Gasteiger partial charge in [-0.15, -0.1) is 0 Å². The molecule has 6 heteroatoms. The van der Waals surface area contributed by atoms with E-state index in [1.165, 1.54) is 6.33 Å². The highest BCUT2D eigenvalue weighted by molar-refractivity contribution is 6.16. The van der Waals surface area contributed by atoms with E-state index < -0.39 is 0 Å². The molecule has 0 saturated heterocycles. The second kappa shape index (κ2) is 8.28. The molecule has 0 bridgehead atoms. The molecule has 24 heavy (non-hydrogen) atoms. The van der Waals surface area contributed by atoms with Gasteiger partial charge in [-0.3, -0.25) is 9.98 Å². The molecule has 1 aliphatic rings. The molecule has 2 heterocycles. The lowest BCUT2D eigenvalue weighted by Gasteiger charge is -1.99. The summed E-state index contributed by atoms with van der Waals surface area (Å²) in [4.78, 5) is 21.2. The van der Waals surface area contributed by atoms with Crippen molar-refractivity contribution in [2.24, 2.45) is 15.0 Å². The normalized spacial score (nSPS) is 14.0. The first kappa shape index (κ1) is 15.5. The third-order valence-corrected chi connectivity index (χ3v) is 3.06. The van der Waals surface area contributed by atoms with E-state index >= 15 is 0 Å². The van der Waals surface area contributed by atoms with Crippen LogP contribution in [0, 0.1) is 0 Å². The van der Waals surface area contributed by atoms with Crippen molar-refractivity contribution < 1.29 is 4.74 Å². The van der Waals surface area contributed by atoms with Crippen LogP contribution in [-0.4, -0.2) is 29.0 Å². The Kier molecular flexibility index (Phi) is 5.34. The number of aliphatic imine (C=N–C) groups is 2. The quantitative estimate of drug-likeness (QED) is 0.744. The minimum absolute atomic E-state index is 0.417. The predicted molar refractivity (Wildman–Crippen MR) is 94.5 cm³/mol. The topological polar surface area (TPSA) is 72.1 Å². The Bertz CT molecular complexity index is 928. The fraction of sp³-hybridized carbons (Fsp3) is 0.0556. The SMILES string of the molecule is C1=CN=CC=NC=c2ccccc2=Nc2ncncc2C=COC1. The second-order valence-corrected chi connectivity index (χ2v) is 4.72. The Balaban J connectivity index is 2.14. The molecule has 2 aromatic rings. The highest BCUT2D eigenvalue weighted by Gasteiger charge is 1.99. The maximum absolute atomic E-state index is 5.38. The van der Waals surface area contributed by atoms with E-state index in [4.69, 9.17) is 4.74 Å². The molecule has 1 aromatic heterocycles. The van der Waals surface area contributed by atoms with Crippen LogP contribution in [0.3, 0.4) is 0 Å². The average molecular weight is 317 g/mol. The molecule has 3 rings (SSSR count). The lowest BCUT2D eigenvalue weighted by molar-refractivity contribution is 0.292. The number of hydrogen-bond acceptors (Lipinski definition) is 6. The maximum atomic E-state index is 5.38. The lowest BCUT2D eigenvalue weighted by atomic mass is 10.2. The number of nitrogens with zero attached hydrogens (tertiary/aromatic N) is 5. The molecular weight excluding hydrogens is 302 g/mol. The number of rotatable bonds is 0. The number of para-hydroxylation sites is 1. The second-order valence-electron chi connectivity index (χ2n) is 4.72. The molecule has 0 radical (unpaired) electrons. The van der Waals surface area contributed by atoms with Gasteiger partial charge in [-0.2, -0.15) is 0 Å². The van der Waals surface area contributed by atoms with Gasteiger partial charge in [0.1, 0.15) is 12.9 Å². The van der Waals surface area contributed by atoms with Gasteiger partial charge in [0.15, 0.2) is 5.82 Å². The fourth-order valence-electron chi connectivity index (χ4n) is 1.94. The summed E-state index contributed by atoms with van der Waals surface area (Å²) in [5.74, 6) is 0.568. The van der Waals surface area contributed by atoms with Crippen molar-refractivity contribution in [1.82, 2.24) is 9.97 Å².